The van der Waals surface area contributed by atoms with E-state index in [1.54, 1.807) is 0 Å². The predicted octanol–water partition coefficient (Wildman–Crippen LogP) is 5.63. The highest BCUT2D eigenvalue weighted by atomic mass is 14.1. The number of unbranched alkanes of at least 4 members (excludes halogenated alkanes) is 2. The molecule has 0 aliphatic rings. The Kier molecular flexibility index (Phi) is 6.78. The topological polar surface area (TPSA) is 0 Å². The Hall–Kier alpha value is -1.04. The predicted molar refractivity (Wildman–Crippen MR) is 82.2 cm³/mol. The normalized spacial score (nSPS) is 10.6. The highest BCUT2D eigenvalue weighted by Gasteiger charge is 2.00. The van der Waals surface area contributed by atoms with E-state index < -0.39 is 0 Å². The maximum Gasteiger partial charge on any atom is -0.0279 e. The molecule has 0 spiro atoms. The van der Waals surface area contributed by atoms with E-state index in [0.29, 0.717) is 0 Å². The zero-order valence-electron chi connectivity index (χ0n) is 12.4. The first-order chi connectivity index (χ1) is 8.63. The van der Waals surface area contributed by atoms with Crippen molar-refractivity contribution < 1.29 is 0 Å². The summed E-state index contributed by atoms with van der Waals surface area (Å²) < 4.78 is 0. The Labute approximate surface area is 113 Å². The minimum Gasteiger partial charge on any atom is -0.100 e. The molecule has 0 heterocycles. The molecule has 0 aliphatic heterocycles. The van der Waals surface area contributed by atoms with E-state index in [1.807, 2.05) is 0 Å². The fraction of sp³-hybridized carbons (Fsp3) is 0.556. The molecule has 0 heteroatoms. The molecule has 100 valence electrons. The van der Waals surface area contributed by atoms with Gasteiger partial charge in [0.2, 0.25) is 0 Å². The molecule has 1 rings (SSSR count). The van der Waals surface area contributed by atoms with Gasteiger partial charge in [0.1, 0.15) is 0 Å². The van der Waals surface area contributed by atoms with Crippen LogP contribution in [-0.4, -0.2) is 0 Å². The molecular formula is C18H28. The smallest absolute Gasteiger partial charge is 0.0279 e. The summed E-state index contributed by atoms with van der Waals surface area (Å²) in [6.45, 7) is 10.6. The largest absolute Gasteiger partial charge is 0.100 e. The van der Waals surface area contributed by atoms with Crippen molar-refractivity contribution in [2.24, 2.45) is 0 Å². The highest BCUT2D eigenvalue weighted by molar-refractivity contribution is 5.31. The van der Waals surface area contributed by atoms with Crippen molar-refractivity contribution in [1.82, 2.24) is 0 Å². The van der Waals surface area contributed by atoms with E-state index in [4.69, 9.17) is 0 Å². The van der Waals surface area contributed by atoms with Crippen LogP contribution in [0.4, 0.5) is 0 Å². The van der Waals surface area contributed by atoms with E-state index in [9.17, 15) is 0 Å². The van der Waals surface area contributed by atoms with Gasteiger partial charge in [-0.25, -0.2) is 0 Å². The van der Waals surface area contributed by atoms with Crippen LogP contribution in [-0.2, 0) is 12.8 Å². The average molecular weight is 244 g/mol. The number of rotatable bonds is 8. The third kappa shape index (κ3) is 5.53. The second-order valence-electron chi connectivity index (χ2n) is 5.53. The fourth-order valence-corrected chi connectivity index (χ4v) is 2.35. The molecule has 0 nitrogen and oxygen atoms in total. The van der Waals surface area contributed by atoms with Gasteiger partial charge in [-0.05, 0) is 62.6 Å². The van der Waals surface area contributed by atoms with Gasteiger partial charge in [0.25, 0.3) is 0 Å². The van der Waals surface area contributed by atoms with Crippen LogP contribution in [0, 0.1) is 6.92 Å². The quantitative estimate of drug-likeness (QED) is 0.411. The zero-order valence-corrected chi connectivity index (χ0v) is 12.4. The Bertz CT molecular complexity index is 374. The molecule has 0 N–H and O–H groups in total. The summed E-state index contributed by atoms with van der Waals surface area (Å²) in [5.41, 5.74) is 5.81. The molecule has 0 aromatic heterocycles. The second-order valence-corrected chi connectivity index (χ2v) is 5.53. The van der Waals surface area contributed by atoms with E-state index in [1.165, 1.54) is 67.2 Å². The number of hydrogen-bond donors (Lipinski definition) is 0. The van der Waals surface area contributed by atoms with Gasteiger partial charge in [-0.15, -0.1) is 6.58 Å². The summed E-state index contributed by atoms with van der Waals surface area (Å²) in [5, 5.41) is 0. The molecule has 0 amide bonds. The third-order valence-corrected chi connectivity index (χ3v) is 3.50. The lowest BCUT2D eigenvalue weighted by molar-refractivity contribution is 0.676. The lowest BCUT2D eigenvalue weighted by atomic mass is 9.98. The van der Waals surface area contributed by atoms with Crippen LogP contribution < -0.4 is 0 Å². The van der Waals surface area contributed by atoms with E-state index in [-0.39, 0.29) is 0 Å². The summed E-state index contributed by atoms with van der Waals surface area (Å²) in [4.78, 5) is 0. The highest BCUT2D eigenvalue weighted by Crippen LogP contribution is 2.16. The Balaban J connectivity index is 2.38. The SMILES string of the molecule is C=C(C)CCCCCc1ccc(C)c(CCC)c1. The van der Waals surface area contributed by atoms with Gasteiger partial charge < -0.3 is 0 Å². The van der Waals surface area contributed by atoms with Gasteiger partial charge >= 0.3 is 0 Å². The molecule has 0 aliphatic carbocycles. The van der Waals surface area contributed by atoms with E-state index in [0.717, 1.165) is 0 Å². The van der Waals surface area contributed by atoms with Crippen LogP contribution in [0.1, 0.15) is 62.6 Å². The Morgan fingerprint density at radius 3 is 2.56 bits per heavy atom. The molecule has 0 atom stereocenters. The summed E-state index contributed by atoms with van der Waals surface area (Å²) in [5.74, 6) is 0. The molecular weight excluding hydrogens is 216 g/mol. The number of benzene rings is 1. The van der Waals surface area contributed by atoms with Crippen LogP contribution in [0.2, 0.25) is 0 Å². The van der Waals surface area contributed by atoms with Crippen LogP contribution in [0.15, 0.2) is 30.4 Å². The maximum absolute atomic E-state index is 3.95. The molecule has 0 bridgehead atoms. The number of hydrogen-bond acceptors (Lipinski definition) is 0. The molecule has 0 fully saturated rings. The van der Waals surface area contributed by atoms with Crippen LogP contribution in [0.3, 0.4) is 0 Å². The molecule has 1 aromatic rings. The standard InChI is InChI=1S/C18H28/c1-5-9-18-14-17(13-12-16(18)4)11-8-6-7-10-15(2)3/h12-14H,2,5-11H2,1,3-4H3. The first-order valence-corrected chi connectivity index (χ1v) is 7.36. The molecule has 18 heavy (non-hydrogen) atoms. The van der Waals surface area contributed by atoms with E-state index >= 15 is 0 Å². The van der Waals surface area contributed by atoms with Gasteiger partial charge in [0.15, 0.2) is 0 Å². The summed E-state index contributed by atoms with van der Waals surface area (Å²) in [6.07, 6.45) is 8.80. The molecule has 0 unspecified atom stereocenters. The van der Waals surface area contributed by atoms with Crippen molar-refractivity contribution in [2.45, 2.75) is 65.7 Å². The van der Waals surface area contributed by atoms with Gasteiger partial charge in [-0.3, -0.25) is 0 Å². The lowest BCUT2D eigenvalue weighted by Crippen LogP contribution is -1.93. The van der Waals surface area contributed by atoms with Crippen LogP contribution >= 0.6 is 0 Å². The summed E-state index contributed by atoms with van der Waals surface area (Å²) in [6, 6.07) is 7.00. The summed E-state index contributed by atoms with van der Waals surface area (Å²) in [7, 11) is 0. The molecule has 0 radical (unpaired) electrons. The number of allylic oxidation sites excluding steroid dienone is 1. The Morgan fingerprint density at radius 1 is 1.11 bits per heavy atom. The molecule has 0 saturated heterocycles. The maximum atomic E-state index is 3.95. The zero-order chi connectivity index (χ0) is 13.4. The van der Waals surface area contributed by atoms with Crippen LogP contribution in [0.25, 0.3) is 0 Å². The van der Waals surface area contributed by atoms with Crippen molar-refractivity contribution in [1.29, 1.82) is 0 Å². The average Bonchev–Trinajstić information content (AvgIpc) is 2.32. The fourth-order valence-electron chi connectivity index (χ4n) is 2.35. The van der Waals surface area contributed by atoms with Gasteiger partial charge in [-0.2, -0.15) is 0 Å². The lowest BCUT2D eigenvalue weighted by Gasteiger charge is -2.08. The third-order valence-electron chi connectivity index (χ3n) is 3.50. The summed E-state index contributed by atoms with van der Waals surface area (Å²) >= 11 is 0. The minimum atomic E-state index is 1.19. The molecule has 1 aromatic carbocycles. The van der Waals surface area contributed by atoms with Crippen molar-refractivity contribution >= 4 is 0 Å². The first kappa shape index (κ1) is 15.0. The number of aryl methyl sites for hydroxylation is 3. The van der Waals surface area contributed by atoms with Crippen LogP contribution in [0.5, 0.6) is 0 Å². The Morgan fingerprint density at radius 2 is 1.89 bits per heavy atom. The van der Waals surface area contributed by atoms with E-state index in [2.05, 4.69) is 45.5 Å². The van der Waals surface area contributed by atoms with Crippen molar-refractivity contribution in [3.63, 3.8) is 0 Å². The monoisotopic (exact) mass is 244 g/mol. The van der Waals surface area contributed by atoms with Crippen molar-refractivity contribution in [2.75, 3.05) is 0 Å². The minimum absolute atomic E-state index is 1.19. The van der Waals surface area contributed by atoms with Gasteiger partial charge in [-0.1, -0.05) is 43.5 Å². The molecule has 0 saturated carbocycles. The van der Waals surface area contributed by atoms with Crippen molar-refractivity contribution in [3.05, 3.63) is 47.0 Å². The van der Waals surface area contributed by atoms with Gasteiger partial charge in [0.05, 0.1) is 0 Å². The van der Waals surface area contributed by atoms with Crippen molar-refractivity contribution in [3.8, 4) is 0 Å². The second kappa shape index (κ2) is 8.13. The first-order valence-electron chi connectivity index (χ1n) is 7.36. The van der Waals surface area contributed by atoms with Gasteiger partial charge in [0, 0.05) is 0 Å².